The summed E-state index contributed by atoms with van der Waals surface area (Å²) in [5.41, 5.74) is -2.38. The summed E-state index contributed by atoms with van der Waals surface area (Å²) in [5.74, 6) is -4.06. The van der Waals surface area contributed by atoms with Gasteiger partial charge in [-0.2, -0.15) is 0 Å². The minimum Gasteiger partial charge on any atom is -0.507 e. The van der Waals surface area contributed by atoms with Crippen molar-refractivity contribution in [3.8, 4) is 11.5 Å². The predicted octanol–water partition coefficient (Wildman–Crippen LogP) is 1.98. The van der Waals surface area contributed by atoms with Gasteiger partial charge < -0.3 is 10.2 Å². The fourth-order valence-electron chi connectivity index (χ4n) is 1.88. The Morgan fingerprint density at radius 2 is 1.08 bits per heavy atom. The van der Waals surface area contributed by atoms with Crippen molar-refractivity contribution in [2.45, 2.75) is 0 Å². The molecule has 2 aromatic carbocycles. The fraction of sp³-hybridized carbons (Fsp3) is 0. The molecular formula is C14H8N2O8. The SMILES string of the molecule is O=C(C(=O)c1cc([N+](=O)[O-])ccc1O)c1cc([N+](=O)[O-])ccc1O. The van der Waals surface area contributed by atoms with Gasteiger partial charge >= 0.3 is 0 Å². The third-order valence-corrected chi connectivity index (χ3v) is 3.08. The van der Waals surface area contributed by atoms with Crippen LogP contribution in [0.15, 0.2) is 36.4 Å². The van der Waals surface area contributed by atoms with E-state index < -0.39 is 55.4 Å². The zero-order valence-corrected chi connectivity index (χ0v) is 11.7. The molecule has 0 aromatic heterocycles. The average Bonchev–Trinajstić information content (AvgIpc) is 2.54. The third kappa shape index (κ3) is 3.02. The molecule has 0 aliphatic rings. The number of aromatic hydroxyl groups is 2. The second-order valence-electron chi connectivity index (χ2n) is 4.58. The molecule has 0 aliphatic heterocycles. The molecule has 0 aliphatic carbocycles. The van der Waals surface area contributed by atoms with E-state index in [1.807, 2.05) is 0 Å². The van der Waals surface area contributed by atoms with Crippen molar-refractivity contribution in [3.63, 3.8) is 0 Å². The predicted molar refractivity (Wildman–Crippen MR) is 78.2 cm³/mol. The van der Waals surface area contributed by atoms with Gasteiger partial charge in [0.25, 0.3) is 11.4 Å². The van der Waals surface area contributed by atoms with E-state index in [9.17, 15) is 40.0 Å². The molecule has 0 bridgehead atoms. The Kier molecular flexibility index (Phi) is 4.22. The number of hydrogen-bond acceptors (Lipinski definition) is 8. The standard InChI is InChI=1S/C14H8N2O8/c17-11-3-1-7(15(21)22)5-9(11)13(19)14(20)10-6-8(16(23)24)2-4-12(10)18/h1-6,17-18H. The highest BCUT2D eigenvalue weighted by Gasteiger charge is 2.27. The highest BCUT2D eigenvalue weighted by molar-refractivity contribution is 6.50. The topological polar surface area (TPSA) is 161 Å². The summed E-state index contributed by atoms with van der Waals surface area (Å²) in [4.78, 5) is 44.1. The second-order valence-corrected chi connectivity index (χ2v) is 4.58. The number of nitro benzene ring substituents is 2. The Labute approximate surface area is 132 Å². The Morgan fingerprint density at radius 3 is 1.38 bits per heavy atom. The van der Waals surface area contributed by atoms with Crippen LogP contribution < -0.4 is 0 Å². The molecule has 24 heavy (non-hydrogen) atoms. The van der Waals surface area contributed by atoms with Crippen LogP contribution in [0.4, 0.5) is 11.4 Å². The number of carbonyl (C=O) groups excluding carboxylic acids is 2. The number of hydrogen-bond donors (Lipinski definition) is 2. The summed E-state index contributed by atoms with van der Waals surface area (Å²) in [6, 6.07) is 4.99. The van der Waals surface area contributed by atoms with Crippen molar-refractivity contribution < 1.29 is 29.6 Å². The lowest BCUT2D eigenvalue weighted by Crippen LogP contribution is -2.15. The second kappa shape index (κ2) is 6.12. The normalized spacial score (nSPS) is 10.2. The first-order valence-electron chi connectivity index (χ1n) is 6.26. The summed E-state index contributed by atoms with van der Waals surface area (Å²) >= 11 is 0. The molecule has 0 unspecified atom stereocenters. The van der Waals surface area contributed by atoms with Gasteiger partial charge in [0, 0.05) is 24.3 Å². The fourth-order valence-corrected chi connectivity index (χ4v) is 1.88. The minimum atomic E-state index is -1.35. The molecule has 0 fully saturated rings. The van der Waals surface area contributed by atoms with Gasteiger partial charge in [0.05, 0.1) is 21.0 Å². The van der Waals surface area contributed by atoms with Crippen LogP contribution in [-0.2, 0) is 0 Å². The number of nitrogens with zero attached hydrogens (tertiary/aromatic N) is 2. The van der Waals surface area contributed by atoms with Crippen LogP contribution in [-0.4, -0.2) is 31.6 Å². The summed E-state index contributed by atoms with van der Waals surface area (Å²) in [6.07, 6.45) is 0. The maximum atomic E-state index is 12.2. The molecule has 10 heteroatoms. The monoisotopic (exact) mass is 332 g/mol. The summed E-state index contributed by atoms with van der Waals surface area (Å²) in [6.45, 7) is 0. The number of non-ortho nitro benzene ring substituents is 2. The van der Waals surface area contributed by atoms with Crippen LogP contribution in [0.3, 0.4) is 0 Å². The first-order valence-corrected chi connectivity index (χ1v) is 6.26. The maximum absolute atomic E-state index is 12.2. The van der Waals surface area contributed by atoms with Crippen LogP contribution in [0.1, 0.15) is 20.7 Å². The van der Waals surface area contributed by atoms with Crippen LogP contribution >= 0.6 is 0 Å². The number of nitro groups is 2. The summed E-state index contributed by atoms with van der Waals surface area (Å²) in [5, 5.41) is 40.7. The van der Waals surface area contributed by atoms with Crippen molar-refractivity contribution in [1.29, 1.82) is 0 Å². The third-order valence-electron chi connectivity index (χ3n) is 3.08. The van der Waals surface area contributed by atoms with E-state index in [1.165, 1.54) is 0 Å². The lowest BCUT2D eigenvalue weighted by atomic mass is 9.99. The number of carbonyl (C=O) groups is 2. The van der Waals surface area contributed by atoms with E-state index >= 15 is 0 Å². The number of phenolic OH excluding ortho intramolecular Hbond substituents is 2. The highest BCUT2D eigenvalue weighted by Crippen LogP contribution is 2.28. The van der Waals surface area contributed by atoms with Crippen LogP contribution in [0.5, 0.6) is 11.5 Å². The van der Waals surface area contributed by atoms with Gasteiger partial charge in [-0.05, 0) is 12.1 Å². The molecule has 10 nitrogen and oxygen atoms in total. The van der Waals surface area contributed by atoms with Crippen molar-refractivity contribution in [2.24, 2.45) is 0 Å². The van der Waals surface area contributed by atoms with E-state index in [-0.39, 0.29) is 0 Å². The highest BCUT2D eigenvalue weighted by atomic mass is 16.6. The van der Waals surface area contributed by atoms with E-state index in [4.69, 9.17) is 0 Å². The molecule has 2 rings (SSSR count). The Morgan fingerprint density at radius 1 is 0.750 bits per heavy atom. The Hall–Kier alpha value is -3.82. The molecule has 0 amide bonds. The van der Waals surface area contributed by atoms with Gasteiger partial charge in [-0.25, -0.2) is 0 Å². The quantitative estimate of drug-likeness (QED) is 0.363. The zero-order chi connectivity index (χ0) is 18.0. The minimum absolute atomic E-state index is 0.535. The van der Waals surface area contributed by atoms with Crippen LogP contribution in [0.25, 0.3) is 0 Å². The van der Waals surface area contributed by atoms with Gasteiger partial charge in [-0.1, -0.05) is 0 Å². The smallest absolute Gasteiger partial charge is 0.270 e. The van der Waals surface area contributed by atoms with Crippen molar-refractivity contribution in [1.82, 2.24) is 0 Å². The van der Waals surface area contributed by atoms with Gasteiger partial charge in [0.15, 0.2) is 0 Å². The zero-order valence-electron chi connectivity index (χ0n) is 11.7. The Balaban J connectivity index is 2.49. The van der Waals surface area contributed by atoms with E-state index in [0.29, 0.717) is 12.1 Å². The van der Waals surface area contributed by atoms with Crippen LogP contribution in [0.2, 0.25) is 0 Å². The lowest BCUT2D eigenvalue weighted by molar-refractivity contribution is -0.385. The molecule has 0 heterocycles. The first-order chi connectivity index (χ1) is 11.2. The number of phenols is 2. The maximum Gasteiger partial charge on any atom is 0.270 e. The molecule has 2 aromatic rings. The van der Waals surface area contributed by atoms with Crippen molar-refractivity contribution >= 4 is 22.9 Å². The molecular weight excluding hydrogens is 324 g/mol. The molecule has 0 spiro atoms. The molecule has 0 atom stereocenters. The van der Waals surface area contributed by atoms with Gasteiger partial charge in [0.1, 0.15) is 11.5 Å². The summed E-state index contributed by atoms with van der Waals surface area (Å²) < 4.78 is 0. The van der Waals surface area contributed by atoms with Crippen molar-refractivity contribution in [2.75, 3.05) is 0 Å². The van der Waals surface area contributed by atoms with Crippen molar-refractivity contribution in [3.05, 3.63) is 67.8 Å². The molecule has 2 N–H and O–H groups in total. The van der Waals surface area contributed by atoms with Gasteiger partial charge in [-0.15, -0.1) is 0 Å². The number of ketones is 2. The van der Waals surface area contributed by atoms with E-state index in [2.05, 4.69) is 0 Å². The molecule has 0 saturated carbocycles. The number of Topliss-reactive ketones (excluding diaryl/α,β-unsaturated/α-hetero) is 2. The average molecular weight is 332 g/mol. The Bertz CT molecular complexity index is 817. The van der Waals surface area contributed by atoms with E-state index in [1.54, 1.807) is 0 Å². The molecule has 122 valence electrons. The largest absolute Gasteiger partial charge is 0.507 e. The summed E-state index contributed by atoms with van der Waals surface area (Å²) in [7, 11) is 0. The van der Waals surface area contributed by atoms with E-state index in [0.717, 1.165) is 24.3 Å². The lowest BCUT2D eigenvalue weighted by Gasteiger charge is -2.05. The molecule has 0 radical (unpaired) electrons. The van der Waals surface area contributed by atoms with Gasteiger partial charge in [-0.3, -0.25) is 29.8 Å². The van der Waals surface area contributed by atoms with Crippen LogP contribution in [0, 0.1) is 20.2 Å². The molecule has 0 saturated heterocycles. The number of benzene rings is 2. The number of rotatable bonds is 5. The van der Waals surface area contributed by atoms with Gasteiger partial charge in [0.2, 0.25) is 11.6 Å². The first kappa shape index (κ1) is 16.5.